The van der Waals surface area contributed by atoms with E-state index in [9.17, 15) is 4.79 Å². The van der Waals surface area contributed by atoms with Gasteiger partial charge in [-0.05, 0) is 25.0 Å². The van der Waals surface area contributed by atoms with Gasteiger partial charge in [-0.3, -0.25) is 4.79 Å². The van der Waals surface area contributed by atoms with E-state index in [1.807, 2.05) is 24.0 Å². The van der Waals surface area contributed by atoms with Crippen LogP contribution >= 0.6 is 11.3 Å². The fraction of sp³-hybridized carbons (Fsp3) is 0.562. The summed E-state index contributed by atoms with van der Waals surface area (Å²) >= 11 is 1.45. The van der Waals surface area contributed by atoms with Crippen LogP contribution in [0.2, 0.25) is 0 Å². The van der Waals surface area contributed by atoms with Crippen LogP contribution < -0.4 is 5.73 Å². The third-order valence-corrected chi connectivity index (χ3v) is 4.42. The van der Waals surface area contributed by atoms with Crippen LogP contribution in [0.3, 0.4) is 0 Å². The third-order valence-electron chi connectivity index (χ3n) is 3.43. The van der Waals surface area contributed by atoms with Gasteiger partial charge in [0.2, 0.25) is 0 Å². The van der Waals surface area contributed by atoms with E-state index in [0.717, 1.165) is 35.7 Å². The zero-order valence-corrected chi connectivity index (χ0v) is 13.4. The normalized spacial score (nSPS) is 10.2. The average molecular weight is 292 g/mol. The largest absolute Gasteiger partial charge is 0.338 e. The third kappa shape index (κ3) is 4.66. The van der Waals surface area contributed by atoms with Crippen LogP contribution in [0.4, 0.5) is 0 Å². The molecule has 4 heteroatoms. The molecule has 0 spiro atoms. The molecule has 0 aromatic carbocycles. The van der Waals surface area contributed by atoms with Gasteiger partial charge in [0, 0.05) is 13.1 Å². The number of nitrogens with zero attached hydrogens (tertiary/aromatic N) is 1. The smallest absolute Gasteiger partial charge is 0.263 e. The molecule has 0 bridgehead atoms. The summed E-state index contributed by atoms with van der Waals surface area (Å²) in [4.78, 5) is 16.1. The quantitative estimate of drug-likeness (QED) is 0.819. The topological polar surface area (TPSA) is 46.3 Å². The van der Waals surface area contributed by atoms with E-state index in [1.54, 1.807) is 0 Å². The Hall–Kier alpha value is -1.31. The molecule has 0 saturated heterocycles. The zero-order valence-electron chi connectivity index (χ0n) is 12.6. The van der Waals surface area contributed by atoms with Crippen LogP contribution in [0, 0.1) is 17.8 Å². The zero-order chi connectivity index (χ0) is 15.0. The van der Waals surface area contributed by atoms with Gasteiger partial charge in [-0.2, -0.15) is 0 Å². The van der Waals surface area contributed by atoms with E-state index < -0.39 is 0 Å². The number of hydrogen-bond acceptors (Lipinski definition) is 3. The Kier molecular flexibility index (Phi) is 7.35. The van der Waals surface area contributed by atoms with Crippen molar-refractivity contribution >= 4 is 17.2 Å². The molecule has 0 aliphatic heterocycles. The molecule has 0 atom stereocenters. The number of rotatable bonds is 6. The Morgan fingerprint density at radius 3 is 2.60 bits per heavy atom. The summed E-state index contributed by atoms with van der Waals surface area (Å²) in [6.07, 6.45) is 2.22. The highest BCUT2D eigenvalue weighted by atomic mass is 32.1. The number of carbonyl (C=O) groups excluding carboxylic acids is 1. The first-order valence-electron chi connectivity index (χ1n) is 7.24. The predicted octanol–water partition coefficient (Wildman–Crippen LogP) is 2.96. The molecule has 0 radical (unpaired) electrons. The van der Waals surface area contributed by atoms with Gasteiger partial charge >= 0.3 is 0 Å². The van der Waals surface area contributed by atoms with E-state index in [4.69, 9.17) is 5.73 Å². The molecule has 1 aromatic rings. The van der Waals surface area contributed by atoms with Crippen molar-refractivity contribution in [3.63, 3.8) is 0 Å². The number of amides is 1. The van der Waals surface area contributed by atoms with E-state index in [2.05, 4.69) is 25.7 Å². The second-order valence-corrected chi connectivity index (χ2v) is 5.78. The van der Waals surface area contributed by atoms with Crippen molar-refractivity contribution in [1.82, 2.24) is 4.90 Å². The van der Waals surface area contributed by atoms with Crippen molar-refractivity contribution in [2.75, 3.05) is 19.6 Å². The summed E-state index contributed by atoms with van der Waals surface area (Å²) < 4.78 is 0. The average Bonchev–Trinajstić information content (AvgIpc) is 2.94. The first kappa shape index (κ1) is 16.7. The van der Waals surface area contributed by atoms with Gasteiger partial charge in [-0.1, -0.05) is 38.5 Å². The summed E-state index contributed by atoms with van der Waals surface area (Å²) in [5, 5.41) is 0. The van der Waals surface area contributed by atoms with Crippen molar-refractivity contribution < 1.29 is 4.79 Å². The molecule has 0 aliphatic rings. The first-order chi connectivity index (χ1) is 9.65. The lowest BCUT2D eigenvalue weighted by Gasteiger charge is -2.24. The van der Waals surface area contributed by atoms with Crippen molar-refractivity contribution in [1.29, 1.82) is 0 Å². The minimum Gasteiger partial charge on any atom is -0.338 e. The Balaban J connectivity index is 2.77. The monoisotopic (exact) mass is 292 g/mol. The van der Waals surface area contributed by atoms with Crippen LogP contribution in [-0.4, -0.2) is 30.4 Å². The summed E-state index contributed by atoms with van der Waals surface area (Å²) in [6.45, 7) is 8.32. The van der Waals surface area contributed by atoms with Gasteiger partial charge in [-0.15, -0.1) is 11.3 Å². The molecule has 0 fully saturated rings. The summed E-state index contributed by atoms with van der Waals surface area (Å²) in [6, 6.07) is 3.76. The van der Waals surface area contributed by atoms with Gasteiger partial charge in [0.05, 0.1) is 16.3 Å². The minimum atomic E-state index is 0.116. The van der Waals surface area contributed by atoms with Gasteiger partial charge in [0.15, 0.2) is 0 Å². The Morgan fingerprint density at radius 1 is 1.35 bits per heavy atom. The standard InChI is InChI=1S/C16H24N2OS/c1-4-13(5-2)12-18(6-3)16(19)15-10-9-14(20-15)8-7-11-17/h9-10,13H,4-6,11-12,17H2,1-3H3. The van der Waals surface area contributed by atoms with Gasteiger partial charge in [0.1, 0.15) is 0 Å². The molecule has 1 rings (SSSR count). The summed E-state index contributed by atoms with van der Waals surface area (Å²) in [5.74, 6) is 6.48. The molecule has 20 heavy (non-hydrogen) atoms. The van der Waals surface area contributed by atoms with E-state index in [-0.39, 0.29) is 5.91 Å². The number of nitrogens with two attached hydrogens (primary N) is 1. The highest BCUT2D eigenvalue weighted by molar-refractivity contribution is 7.14. The van der Waals surface area contributed by atoms with Crippen molar-refractivity contribution in [2.45, 2.75) is 33.6 Å². The van der Waals surface area contributed by atoms with Crippen LogP contribution in [0.1, 0.15) is 48.2 Å². The molecule has 0 aliphatic carbocycles. The van der Waals surface area contributed by atoms with Crippen molar-refractivity contribution in [2.24, 2.45) is 11.7 Å². The lowest BCUT2D eigenvalue weighted by molar-refractivity contribution is 0.0740. The summed E-state index contributed by atoms with van der Waals surface area (Å²) in [5.41, 5.74) is 5.35. The predicted molar refractivity (Wildman–Crippen MR) is 85.9 cm³/mol. The molecule has 1 amide bonds. The molecular weight excluding hydrogens is 268 g/mol. The van der Waals surface area contributed by atoms with Gasteiger partial charge in [0.25, 0.3) is 5.91 Å². The van der Waals surface area contributed by atoms with Crippen LogP contribution in [0.25, 0.3) is 0 Å². The molecule has 110 valence electrons. The molecule has 0 unspecified atom stereocenters. The highest BCUT2D eigenvalue weighted by Gasteiger charge is 2.18. The molecule has 1 aromatic heterocycles. The fourth-order valence-corrected chi connectivity index (χ4v) is 2.88. The van der Waals surface area contributed by atoms with Crippen molar-refractivity contribution in [3.05, 3.63) is 21.9 Å². The second-order valence-electron chi connectivity index (χ2n) is 4.70. The van der Waals surface area contributed by atoms with Crippen LogP contribution in [0.5, 0.6) is 0 Å². The lowest BCUT2D eigenvalue weighted by atomic mass is 10.0. The SMILES string of the molecule is CCC(CC)CN(CC)C(=O)c1ccc(C#CCN)s1. The maximum Gasteiger partial charge on any atom is 0.263 e. The second kappa shape index (κ2) is 8.78. The Labute approximate surface area is 126 Å². The molecule has 0 saturated carbocycles. The van der Waals surface area contributed by atoms with Crippen molar-refractivity contribution in [3.8, 4) is 11.8 Å². The maximum atomic E-state index is 12.5. The van der Waals surface area contributed by atoms with Crippen LogP contribution in [0.15, 0.2) is 12.1 Å². The Morgan fingerprint density at radius 2 is 2.05 bits per heavy atom. The van der Waals surface area contributed by atoms with Gasteiger partial charge < -0.3 is 10.6 Å². The molecular formula is C16H24N2OS. The van der Waals surface area contributed by atoms with E-state index in [0.29, 0.717) is 12.5 Å². The number of hydrogen-bond donors (Lipinski definition) is 1. The fourth-order valence-electron chi connectivity index (χ4n) is 2.03. The van der Waals surface area contributed by atoms with Crippen LogP contribution in [-0.2, 0) is 0 Å². The van der Waals surface area contributed by atoms with E-state index >= 15 is 0 Å². The lowest BCUT2D eigenvalue weighted by Crippen LogP contribution is -2.34. The highest BCUT2D eigenvalue weighted by Crippen LogP contribution is 2.19. The first-order valence-corrected chi connectivity index (χ1v) is 8.05. The van der Waals surface area contributed by atoms with E-state index in [1.165, 1.54) is 11.3 Å². The molecule has 2 N–H and O–H groups in total. The maximum absolute atomic E-state index is 12.5. The van der Waals surface area contributed by atoms with Gasteiger partial charge in [-0.25, -0.2) is 0 Å². The molecule has 1 heterocycles. The Bertz CT molecular complexity index is 480. The summed E-state index contributed by atoms with van der Waals surface area (Å²) in [7, 11) is 0. The number of thiophene rings is 1. The minimum absolute atomic E-state index is 0.116. The molecule has 3 nitrogen and oxygen atoms in total. The number of carbonyl (C=O) groups is 1.